The molecule has 2 N–H and O–H groups in total. The van der Waals surface area contributed by atoms with E-state index in [4.69, 9.17) is 9.47 Å². The van der Waals surface area contributed by atoms with Gasteiger partial charge in [0, 0.05) is 0 Å². The molecule has 1 rings (SSSR count). The standard InChI is InChI=1S/C15H21FN2O4/c1-15(2,3)22-14(20)18-10-17-13(19)9-21-8-11-4-6-12(16)7-5-11/h4-7H,8-10H2,1-3H3,(H,17,19)(H,18,20). The smallest absolute Gasteiger partial charge is 0.409 e. The Labute approximate surface area is 129 Å². The summed E-state index contributed by atoms with van der Waals surface area (Å²) in [6, 6.07) is 5.81. The van der Waals surface area contributed by atoms with Crippen LogP contribution in [0, 0.1) is 5.82 Å². The molecule has 1 aromatic carbocycles. The summed E-state index contributed by atoms with van der Waals surface area (Å²) in [5, 5.41) is 4.85. The zero-order valence-electron chi connectivity index (χ0n) is 12.9. The lowest BCUT2D eigenvalue weighted by Crippen LogP contribution is -2.41. The van der Waals surface area contributed by atoms with Crippen molar-refractivity contribution in [3.8, 4) is 0 Å². The summed E-state index contributed by atoms with van der Waals surface area (Å²) < 4.78 is 22.9. The molecule has 0 fully saturated rings. The van der Waals surface area contributed by atoms with Crippen LogP contribution in [0.5, 0.6) is 0 Å². The average molecular weight is 312 g/mol. The molecular formula is C15H21FN2O4. The molecule has 122 valence electrons. The van der Waals surface area contributed by atoms with Gasteiger partial charge in [-0.1, -0.05) is 12.1 Å². The molecule has 0 aromatic heterocycles. The normalized spacial score (nSPS) is 10.9. The molecule has 0 spiro atoms. The number of benzene rings is 1. The van der Waals surface area contributed by atoms with Gasteiger partial charge in [0.2, 0.25) is 5.91 Å². The molecule has 0 aliphatic carbocycles. The first-order chi connectivity index (χ1) is 10.3. The second-order valence-electron chi connectivity index (χ2n) is 5.57. The molecule has 0 atom stereocenters. The molecular weight excluding hydrogens is 291 g/mol. The average Bonchev–Trinajstić information content (AvgIpc) is 2.39. The van der Waals surface area contributed by atoms with Gasteiger partial charge in [0.1, 0.15) is 18.0 Å². The van der Waals surface area contributed by atoms with Crippen LogP contribution in [0.3, 0.4) is 0 Å². The topological polar surface area (TPSA) is 76.7 Å². The van der Waals surface area contributed by atoms with Crippen molar-refractivity contribution in [1.29, 1.82) is 0 Å². The van der Waals surface area contributed by atoms with Crippen molar-refractivity contribution < 1.29 is 23.5 Å². The number of carbonyl (C=O) groups is 2. The predicted octanol–water partition coefficient (Wildman–Crippen LogP) is 1.94. The molecule has 1 aromatic rings. The van der Waals surface area contributed by atoms with E-state index in [0.717, 1.165) is 5.56 Å². The van der Waals surface area contributed by atoms with Crippen molar-refractivity contribution in [3.05, 3.63) is 35.6 Å². The van der Waals surface area contributed by atoms with Gasteiger partial charge in [-0.3, -0.25) is 4.79 Å². The van der Waals surface area contributed by atoms with Gasteiger partial charge >= 0.3 is 6.09 Å². The third-order valence-corrected chi connectivity index (χ3v) is 2.33. The van der Waals surface area contributed by atoms with Crippen LogP contribution in [-0.4, -0.2) is 30.9 Å². The highest BCUT2D eigenvalue weighted by Gasteiger charge is 2.15. The maximum atomic E-state index is 12.7. The lowest BCUT2D eigenvalue weighted by molar-refractivity contribution is -0.126. The Bertz CT molecular complexity index is 497. The van der Waals surface area contributed by atoms with E-state index >= 15 is 0 Å². The van der Waals surface area contributed by atoms with Crippen molar-refractivity contribution in [3.63, 3.8) is 0 Å². The number of rotatable bonds is 6. The fourth-order valence-electron chi connectivity index (χ4n) is 1.42. The quantitative estimate of drug-likeness (QED) is 0.787. The SMILES string of the molecule is CC(C)(C)OC(=O)NCNC(=O)COCc1ccc(F)cc1. The summed E-state index contributed by atoms with van der Waals surface area (Å²) in [6.45, 7) is 5.23. The third-order valence-electron chi connectivity index (χ3n) is 2.33. The lowest BCUT2D eigenvalue weighted by atomic mass is 10.2. The van der Waals surface area contributed by atoms with Crippen molar-refractivity contribution in [2.24, 2.45) is 0 Å². The second kappa shape index (κ2) is 8.33. The summed E-state index contributed by atoms with van der Waals surface area (Å²) in [6.07, 6.45) is -0.611. The first kappa shape index (κ1) is 17.9. The number of nitrogens with one attached hydrogen (secondary N) is 2. The van der Waals surface area contributed by atoms with Crippen molar-refractivity contribution in [2.45, 2.75) is 33.0 Å². The third kappa shape index (κ3) is 8.21. The van der Waals surface area contributed by atoms with E-state index in [1.807, 2.05) is 0 Å². The number of ether oxygens (including phenoxy) is 2. The number of hydrogen-bond acceptors (Lipinski definition) is 4. The van der Waals surface area contributed by atoms with Crippen molar-refractivity contribution in [1.82, 2.24) is 10.6 Å². The van der Waals surface area contributed by atoms with Crippen LogP contribution < -0.4 is 10.6 Å². The fraction of sp³-hybridized carbons (Fsp3) is 0.467. The lowest BCUT2D eigenvalue weighted by Gasteiger charge is -2.19. The zero-order valence-corrected chi connectivity index (χ0v) is 12.9. The van der Waals surface area contributed by atoms with Gasteiger partial charge in [-0.2, -0.15) is 0 Å². The number of halogens is 1. The fourth-order valence-corrected chi connectivity index (χ4v) is 1.42. The molecule has 0 radical (unpaired) electrons. The monoisotopic (exact) mass is 312 g/mol. The minimum absolute atomic E-state index is 0.0480. The van der Waals surface area contributed by atoms with E-state index in [1.54, 1.807) is 32.9 Å². The van der Waals surface area contributed by atoms with E-state index in [9.17, 15) is 14.0 Å². The van der Waals surface area contributed by atoms with Gasteiger partial charge in [0.15, 0.2) is 0 Å². The highest BCUT2D eigenvalue weighted by Crippen LogP contribution is 2.06. The van der Waals surface area contributed by atoms with E-state index in [1.165, 1.54) is 12.1 Å². The highest BCUT2D eigenvalue weighted by molar-refractivity contribution is 5.77. The van der Waals surface area contributed by atoms with Gasteiger partial charge in [-0.15, -0.1) is 0 Å². The Balaban J connectivity index is 2.13. The van der Waals surface area contributed by atoms with Crippen LogP contribution in [-0.2, 0) is 20.9 Å². The van der Waals surface area contributed by atoms with Gasteiger partial charge in [0.25, 0.3) is 0 Å². The molecule has 0 bridgehead atoms. The molecule has 0 saturated heterocycles. The molecule has 2 amide bonds. The second-order valence-corrected chi connectivity index (χ2v) is 5.57. The van der Waals surface area contributed by atoms with E-state index < -0.39 is 11.7 Å². The molecule has 0 unspecified atom stereocenters. The van der Waals surface area contributed by atoms with E-state index in [2.05, 4.69) is 10.6 Å². The van der Waals surface area contributed by atoms with Crippen molar-refractivity contribution >= 4 is 12.0 Å². The largest absolute Gasteiger partial charge is 0.444 e. The number of alkyl carbamates (subject to hydrolysis) is 1. The maximum Gasteiger partial charge on any atom is 0.409 e. The van der Waals surface area contributed by atoms with Crippen LogP contribution in [0.15, 0.2) is 24.3 Å². The molecule has 0 heterocycles. The summed E-state index contributed by atoms with van der Waals surface area (Å²) in [4.78, 5) is 22.8. The van der Waals surface area contributed by atoms with Gasteiger partial charge in [-0.25, -0.2) is 9.18 Å². The Morgan fingerprint density at radius 2 is 1.77 bits per heavy atom. The Hall–Kier alpha value is -2.15. The predicted molar refractivity (Wildman–Crippen MR) is 78.4 cm³/mol. The molecule has 6 nitrogen and oxygen atoms in total. The van der Waals surface area contributed by atoms with Crippen molar-refractivity contribution in [2.75, 3.05) is 13.3 Å². The van der Waals surface area contributed by atoms with Gasteiger partial charge < -0.3 is 20.1 Å². The minimum atomic E-state index is -0.611. The minimum Gasteiger partial charge on any atom is -0.444 e. The highest BCUT2D eigenvalue weighted by atomic mass is 19.1. The summed E-state index contributed by atoms with van der Waals surface area (Å²) >= 11 is 0. The van der Waals surface area contributed by atoms with E-state index in [-0.39, 0.29) is 31.6 Å². The number of hydrogen-bond donors (Lipinski definition) is 2. The molecule has 7 heteroatoms. The molecule has 0 aliphatic rings. The Morgan fingerprint density at radius 1 is 1.14 bits per heavy atom. The van der Waals surface area contributed by atoms with Crippen LogP contribution in [0.4, 0.5) is 9.18 Å². The van der Waals surface area contributed by atoms with Gasteiger partial charge in [-0.05, 0) is 38.5 Å². The zero-order chi connectivity index (χ0) is 16.6. The Morgan fingerprint density at radius 3 is 2.36 bits per heavy atom. The number of carbonyl (C=O) groups excluding carboxylic acids is 2. The van der Waals surface area contributed by atoms with Crippen LogP contribution in [0.2, 0.25) is 0 Å². The van der Waals surface area contributed by atoms with Crippen LogP contribution >= 0.6 is 0 Å². The first-order valence-corrected chi connectivity index (χ1v) is 6.82. The summed E-state index contributed by atoms with van der Waals surface area (Å²) in [5.74, 6) is -0.701. The Kier molecular flexibility index (Phi) is 6.78. The molecule has 0 aliphatic heterocycles. The van der Waals surface area contributed by atoms with Crippen LogP contribution in [0.25, 0.3) is 0 Å². The molecule has 0 saturated carbocycles. The first-order valence-electron chi connectivity index (χ1n) is 6.82. The van der Waals surface area contributed by atoms with Gasteiger partial charge in [0.05, 0.1) is 13.3 Å². The maximum absolute atomic E-state index is 12.7. The van der Waals surface area contributed by atoms with E-state index in [0.29, 0.717) is 0 Å². The summed E-state index contributed by atoms with van der Waals surface area (Å²) in [7, 11) is 0. The van der Waals surface area contributed by atoms with Crippen LogP contribution in [0.1, 0.15) is 26.3 Å². The summed E-state index contributed by atoms with van der Waals surface area (Å²) in [5.41, 5.74) is 0.174. The molecule has 22 heavy (non-hydrogen) atoms. The number of amides is 2.